The van der Waals surface area contributed by atoms with E-state index in [-0.39, 0.29) is 37.5 Å². The number of hydrogen-bond donors (Lipinski definition) is 0. The Hall–Kier alpha value is -4.19. The molecule has 0 saturated carbocycles. The SMILES string of the molecule is CC/C=C\C/C=C\C/C=C\C/C=C\C/C=C\C/C=C\CCCCCCCCCCCCCCCCCCC(=O)OCC(COC(=O)CCCCCCCCCC)OC(=O)CCCC/C=C\C/C=C\C/C=C\C/C=C\CC. The maximum absolute atomic E-state index is 12.8. The van der Waals surface area contributed by atoms with Gasteiger partial charge in [-0.3, -0.25) is 14.4 Å². The molecular weight excluding hydrogens is 937 g/mol. The zero-order valence-electron chi connectivity index (χ0n) is 49.5. The van der Waals surface area contributed by atoms with Crippen LogP contribution in [0.2, 0.25) is 0 Å². The van der Waals surface area contributed by atoms with E-state index in [2.05, 4.69) is 142 Å². The van der Waals surface area contributed by atoms with Crippen LogP contribution in [-0.4, -0.2) is 37.2 Å². The molecule has 1 atom stereocenters. The summed E-state index contributed by atoms with van der Waals surface area (Å²) < 4.78 is 16.8. The largest absolute Gasteiger partial charge is 0.462 e. The Morgan fingerprint density at radius 1 is 0.276 bits per heavy atom. The van der Waals surface area contributed by atoms with Gasteiger partial charge in [0.25, 0.3) is 0 Å². The van der Waals surface area contributed by atoms with Crippen LogP contribution in [0, 0.1) is 0 Å². The molecule has 0 radical (unpaired) electrons. The first kappa shape index (κ1) is 71.8. The van der Waals surface area contributed by atoms with E-state index in [4.69, 9.17) is 14.2 Å². The summed E-state index contributed by atoms with van der Waals surface area (Å²) in [5.41, 5.74) is 0. The van der Waals surface area contributed by atoms with Crippen molar-refractivity contribution in [1.29, 1.82) is 0 Å². The molecule has 0 heterocycles. The van der Waals surface area contributed by atoms with E-state index in [0.29, 0.717) is 19.3 Å². The number of carbonyl (C=O) groups is 3. The predicted molar refractivity (Wildman–Crippen MR) is 330 cm³/mol. The van der Waals surface area contributed by atoms with Crippen molar-refractivity contribution < 1.29 is 28.6 Å². The molecule has 0 aliphatic rings. The minimum absolute atomic E-state index is 0.0931. The van der Waals surface area contributed by atoms with Crippen LogP contribution < -0.4 is 0 Å². The van der Waals surface area contributed by atoms with Crippen molar-refractivity contribution in [3.8, 4) is 0 Å². The van der Waals surface area contributed by atoms with Crippen molar-refractivity contribution in [2.24, 2.45) is 0 Å². The van der Waals surface area contributed by atoms with Crippen LogP contribution in [0.15, 0.2) is 122 Å². The quantitative estimate of drug-likeness (QED) is 0.0261. The molecule has 0 N–H and O–H groups in total. The fourth-order valence-corrected chi connectivity index (χ4v) is 8.56. The first-order valence-corrected chi connectivity index (χ1v) is 31.5. The van der Waals surface area contributed by atoms with Crippen LogP contribution in [0.1, 0.15) is 284 Å². The molecule has 0 aliphatic heterocycles. The highest BCUT2D eigenvalue weighted by Gasteiger charge is 2.19. The lowest BCUT2D eigenvalue weighted by molar-refractivity contribution is -0.167. The Bertz CT molecular complexity index is 1590. The van der Waals surface area contributed by atoms with E-state index in [1.165, 1.54) is 122 Å². The third-order valence-electron chi connectivity index (χ3n) is 13.2. The van der Waals surface area contributed by atoms with Crippen LogP contribution in [0.3, 0.4) is 0 Å². The van der Waals surface area contributed by atoms with Crippen LogP contribution in [0.4, 0.5) is 0 Å². The second-order valence-corrected chi connectivity index (χ2v) is 20.6. The number of allylic oxidation sites excluding steroid dienone is 20. The molecule has 0 rings (SSSR count). The highest BCUT2D eigenvalue weighted by Crippen LogP contribution is 2.16. The van der Waals surface area contributed by atoms with Crippen molar-refractivity contribution in [1.82, 2.24) is 0 Å². The number of hydrogen-bond acceptors (Lipinski definition) is 6. The fraction of sp³-hybridized carbons (Fsp3) is 0.671. The molecule has 76 heavy (non-hydrogen) atoms. The van der Waals surface area contributed by atoms with Gasteiger partial charge in [-0.15, -0.1) is 0 Å². The molecule has 0 aromatic carbocycles. The van der Waals surface area contributed by atoms with Crippen molar-refractivity contribution in [3.05, 3.63) is 122 Å². The Morgan fingerprint density at radius 3 is 0.829 bits per heavy atom. The van der Waals surface area contributed by atoms with E-state index >= 15 is 0 Å². The predicted octanol–water partition coefficient (Wildman–Crippen LogP) is 21.6. The average Bonchev–Trinajstić information content (AvgIpc) is 3.42. The zero-order chi connectivity index (χ0) is 55.0. The lowest BCUT2D eigenvalue weighted by Crippen LogP contribution is -2.30. The molecule has 6 nitrogen and oxygen atoms in total. The van der Waals surface area contributed by atoms with Gasteiger partial charge in [-0.05, 0) is 109 Å². The van der Waals surface area contributed by atoms with Gasteiger partial charge >= 0.3 is 17.9 Å². The van der Waals surface area contributed by atoms with Gasteiger partial charge in [0.15, 0.2) is 6.10 Å². The van der Waals surface area contributed by atoms with E-state index < -0.39 is 6.10 Å². The summed E-state index contributed by atoms with van der Waals surface area (Å²) in [6.07, 6.45) is 88.1. The van der Waals surface area contributed by atoms with E-state index in [9.17, 15) is 14.4 Å². The van der Waals surface area contributed by atoms with Gasteiger partial charge in [0.1, 0.15) is 13.2 Å². The minimum atomic E-state index is -0.797. The number of unbranched alkanes of at least 4 members (excludes halogenated alkanes) is 25. The van der Waals surface area contributed by atoms with Crippen molar-refractivity contribution in [2.75, 3.05) is 13.2 Å². The highest BCUT2D eigenvalue weighted by molar-refractivity contribution is 5.71. The molecule has 0 aliphatic carbocycles. The third-order valence-corrected chi connectivity index (χ3v) is 13.2. The summed E-state index contributed by atoms with van der Waals surface area (Å²) in [5, 5.41) is 0. The first-order valence-electron chi connectivity index (χ1n) is 31.5. The van der Waals surface area contributed by atoms with Gasteiger partial charge in [-0.1, -0.05) is 277 Å². The summed E-state index contributed by atoms with van der Waals surface area (Å²) in [7, 11) is 0. The van der Waals surface area contributed by atoms with E-state index in [1.54, 1.807) is 0 Å². The Balaban J connectivity index is 4.07. The molecule has 6 heteroatoms. The number of ether oxygens (including phenoxy) is 3. The van der Waals surface area contributed by atoms with Gasteiger partial charge < -0.3 is 14.2 Å². The Labute approximate surface area is 469 Å². The lowest BCUT2D eigenvalue weighted by atomic mass is 10.0. The van der Waals surface area contributed by atoms with Gasteiger partial charge in [-0.25, -0.2) is 0 Å². The van der Waals surface area contributed by atoms with Crippen molar-refractivity contribution >= 4 is 17.9 Å². The maximum Gasteiger partial charge on any atom is 0.306 e. The molecule has 0 bridgehead atoms. The molecule has 0 saturated heterocycles. The number of rotatable bonds is 56. The molecule has 0 amide bonds. The van der Waals surface area contributed by atoms with Crippen molar-refractivity contribution in [3.63, 3.8) is 0 Å². The average molecular weight is 1050 g/mol. The number of esters is 3. The minimum Gasteiger partial charge on any atom is -0.462 e. The molecule has 0 aromatic heterocycles. The highest BCUT2D eigenvalue weighted by atomic mass is 16.6. The van der Waals surface area contributed by atoms with Crippen LogP contribution in [0.5, 0.6) is 0 Å². The summed E-state index contributed by atoms with van der Waals surface area (Å²) in [6.45, 7) is 6.35. The van der Waals surface area contributed by atoms with E-state index in [1.807, 2.05) is 0 Å². The van der Waals surface area contributed by atoms with Crippen LogP contribution in [-0.2, 0) is 28.6 Å². The summed E-state index contributed by atoms with van der Waals surface area (Å²) >= 11 is 0. The topological polar surface area (TPSA) is 78.9 Å². The Kier molecular flexibility index (Phi) is 59.9. The van der Waals surface area contributed by atoms with Crippen LogP contribution in [0.25, 0.3) is 0 Å². The van der Waals surface area contributed by atoms with Gasteiger partial charge in [0.2, 0.25) is 0 Å². The first-order chi connectivity index (χ1) is 37.5. The van der Waals surface area contributed by atoms with Crippen molar-refractivity contribution in [2.45, 2.75) is 290 Å². The third kappa shape index (κ3) is 60.7. The monoisotopic (exact) mass is 1050 g/mol. The molecule has 0 aromatic rings. The Morgan fingerprint density at radius 2 is 0.513 bits per heavy atom. The summed E-state index contributed by atoms with van der Waals surface area (Å²) in [5.74, 6) is -0.936. The molecule has 1 unspecified atom stereocenters. The molecular formula is C70H116O6. The smallest absolute Gasteiger partial charge is 0.306 e. The second kappa shape index (κ2) is 63.3. The van der Waals surface area contributed by atoms with Gasteiger partial charge in [0.05, 0.1) is 0 Å². The summed E-state index contributed by atoms with van der Waals surface area (Å²) in [6, 6.07) is 0. The summed E-state index contributed by atoms with van der Waals surface area (Å²) in [4.78, 5) is 38.0. The number of carbonyl (C=O) groups excluding carboxylic acids is 3. The van der Waals surface area contributed by atoms with Gasteiger partial charge in [-0.2, -0.15) is 0 Å². The molecule has 0 spiro atoms. The molecule has 432 valence electrons. The van der Waals surface area contributed by atoms with Gasteiger partial charge in [0, 0.05) is 19.3 Å². The van der Waals surface area contributed by atoms with E-state index in [0.717, 1.165) is 116 Å². The fourth-order valence-electron chi connectivity index (χ4n) is 8.56. The standard InChI is InChI=1S/C70H116O6/c1-4-7-10-13-16-19-21-23-25-26-27-28-29-30-31-32-33-34-35-36-37-38-39-40-41-42-43-44-46-47-49-51-54-57-60-63-69(72)75-66-67(65-74-68(71)62-59-56-53-18-15-12-9-6-3)76-70(73)64-61-58-55-52-50-48-45-24-22-20-17-14-11-8-5-2/h7-8,10-11,16-17,19-20,23-25,27-28,30-31,33-34,45,50,52,67H,4-6,9,12-15,18,21-22,26,29,32,35-44,46-49,51,53-66H2,1-3H3/b10-7-,11-8-,19-16-,20-17-,25-23-,28-27-,31-30-,34-33-,45-24-,52-50-. The molecule has 0 fully saturated rings. The normalized spacial score (nSPS) is 12.9. The second-order valence-electron chi connectivity index (χ2n) is 20.6. The lowest BCUT2D eigenvalue weighted by Gasteiger charge is -2.18. The van der Waals surface area contributed by atoms with Crippen LogP contribution >= 0.6 is 0 Å². The maximum atomic E-state index is 12.8. The zero-order valence-corrected chi connectivity index (χ0v) is 49.5.